The van der Waals surface area contributed by atoms with Crippen LogP contribution < -0.4 is 10.2 Å². The lowest BCUT2D eigenvalue weighted by molar-refractivity contribution is -0.137. The van der Waals surface area contributed by atoms with Crippen molar-refractivity contribution in [1.82, 2.24) is 9.80 Å². The Kier molecular flexibility index (Phi) is 7.28. The summed E-state index contributed by atoms with van der Waals surface area (Å²) in [5, 5.41) is 2.47. The van der Waals surface area contributed by atoms with Crippen molar-refractivity contribution >= 4 is 23.2 Å². The van der Waals surface area contributed by atoms with Gasteiger partial charge in [-0.05, 0) is 82.9 Å². The van der Waals surface area contributed by atoms with Gasteiger partial charge < -0.3 is 10.2 Å². The first-order valence-electron chi connectivity index (χ1n) is 12.0. The van der Waals surface area contributed by atoms with E-state index >= 15 is 0 Å². The van der Waals surface area contributed by atoms with Crippen molar-refractivity contribution < 1.29 is 22.8 Å². The molecule has 1 aromatic rings. The molecule has 1 unspecified atom stereocenters. The van der Waals surface area contributed by atoms with Gasteiger partial charge in [0.05, 0.1) is 23.0 Å². The summed E-state index contributed by atoms with van der Waals surface area (Å²) in [4.78, 5) is 31.5. The van der Waals surface area contributed by atoms with Crippen LogP contribution in [0, 0.1) is 5.92 Å². The lowest BCUT2D eigenvalue weighted by Crippen LogP contribution is -2.53. The van der Waals surface area contributed by atoms with E-state index in [1.54, 1.807) is 0 Å². The third kappa shape index (κ3) is 5.69. The Bertz CT molecular complexity index is 860. The van der Waals surface area contributed by atoms with Crippen molar-refractivity contribution in [3.05, 3.63) is 23.8 Å². The lowest BCUT2D eigenvalue weighted by Gasteiger charge is -2.39. The van der Waals surface area contributed by atoms with Crippen molar-refractivity contribution in [1.29, 1.82) is 0 Å². The van der Waals surface area contributed by atoms with Gasteiger partial charge in [0, 0.05) is 6.54 Å². The number of carbonyl (C=O) groups excluding carboxylic acids is 2. The number of hydrogen-bond acceptors (Lipinski definition) is 4. The highest BCUT2D eigenvalue weighted by atomic mass is 19.4. The number of nitrogens with zero attached hydrogens (tertiary/aromatic N) is 3. The van der Waals surface area contributed by atoms with Crippen LogP contribution in [0.15, 0.2) is 18.2 Å². The minimum atomic E-state index is -4.52. The number of piperidine rings is 1. The first-order chi connectivity index (χ1) is 15.7. The Hall–Kier alpha value is -2.13. The fourth-order valence-electron chi connectivity index (χ4n) is 5.25. The van der Waals surface area contributed by atoms with Gasteiger partial charge in [-0.3, -0.25) is 19.4 Å². The van der Waals surface area contributed by atoms with Gasteiger partial charge in [-0.2, -0.15) is 13.2 Å². The molecule has 3 heterocycles. The van der Waals surface area contributed by atoms with Crippen LogP contribution >= 0.6 is 0 Å². The number of fused-ring (bicyclic) bond motifs is 1. The van der Waals surface area contributed by atoms with E-state index in [1.165, 1.54) is 49.7 Å². The summed E-state index contributed by atoms with van der Waals surface area (Å²) in [6.45, 7) is 6.75. The summed E-state index contributed by atoms with van der Waals surface area (Å²) in [5.74, 6) is -0.112. The maximum atomic E-state index is 13.3. The first-order valence-corrected chi connectivity index (χ1v) is 12.0. The van der Waals surface area contributed by atoms with Crippen molar-refractivity contribution in [2.75, 3.05) is 49.5 Å². The highest BCUT2D eigenvalue weighted by molar-refractivity contribution is 6.11. The van der Waals surface area contributed by atoms with E-state index in [4.69, 9.17) is 0 Å². The molecule has 2 amide bonds. The third-order valence-corrected chi connectivity index (χ3v) is 7.23. The van der Waals surface area contributed by atoms with Gasteiger partial charge in [0.1, 0.15) is 6.54 Å². The molecule has 9 heteroatoms. The number of alkyl halides is 3. The molecule has 2 fully saturated rings. The molecule has 4 rings (SSSR count). The van der Waals surface area contributed by atoms with Crippen LogP contribution in [0.2, 0.25) is 0 Å². The van der Waals surface area contributed by atoms with E-state index in [2.05, 4.69) is 15.1 Å². The van der Waals surface area contributed by atoms with Crippen LogP contribution in [-0.2, 0) is 15.8 Å². The molecule has 6 nitrogen and oxygen atoms in total. The number of nitrogens with one attached hydrogen (secondary N) is 1. The number of hydrogen-bond donors (Lipinski definition) is 1. The third-order valence-electron chi connectivity index (χ3n) is 7.23. The zero-order valence-electron chi connectivity index (χ0n) is 19.2. The second-order valence-electron chi connectivity index (χ2n) is 9.57. The van der Waals surface area contributed by atoms with Gasteiger partial charge in [-0.1, -0.05) is 12.8 Å². The van der Waals surface area contributed by atoms with Crippen molar-refractivity contribution in [3.63, 3.8) is 0 Å². The topological polar surface area (TPSA) is 55.9 Å². The molecule has 33 heavy (non-hydrogen) atoms. The number of likely N-dealkylation sites (tertiary alicyclic amines) is 2. The van der Waals surface area contributed by atoms with E-state index in [9.17, 15) is 22.8 Å². The van der Waals surface area contributed by atoms with Crippen molar-refractivity contribution in [2.24, 2.45) is 5.92 Å². The largest absolute Gasteiger partial charge is 0.416 e. The van der Waals surface area contributed by atoms with Gasteiger partial charge in [-0.25, -0.2) is 0 Å². The molecule has 1 N–H and O–H groups in total. The molecule has 0 saturated carbocycles. The van der Waals surface area contributed by atoms with Crippen LogP contribution in [0.1, 0.15) is 51.0 Å². The Morgan fingerprint density at radius 3 is 2.39 bits per heavy atom. The number of halogens is 3. The molecule has 1 atom stereocenters. The number of benzene rings is 1. The second kappa shape index (κ2) is 10.0. The Morgan fingerprint density at radius 1 is 1.09 bits per heavy atom. The zero-order valence-corrected chi connectivity index (χ0v) is 19.2. The van der Waals surface area contributed by atoms with Gasteiger partial charge in [0.2, 0.25) is 11.8 Å². The predicted molar refractivity (Wildman–Crippen MR) is 121 cm³/mol. The van der Waals surface area contributed by atoms with Gasteiger partial charge >= 0.3 is 6.18 Å². The van der Waals surface area contributed by atoms with Crippen LogP contribution in [0.25, 0.3) is 0 Å². The number of rotatable bonds is 4. The number of anilines is 2. The highest BCUT2D eigenvalue weighted by Gasteiger charge is 2.36. The molecule has 0 spiro atoms. The molecule has 3 aliphatic rings. The Morgan fingerprint density at radius 2 is 1.76 bits per heavy atom. The minimum absolute atomic E-state index is 0.0257. The summed E-state index contributed by atoms with van der Waals surface area (Å²) in [6.07, 6.45) is 2.74. The van der Waals surface area contributed by atoms with Crippen LogP contribution in [-0.4, -0.2) is 66.9 Å². The predicted octanol–water partition coefficient (Wildman–Crippen LogP) is 3.97. The van der Waals surface area contributed by atoms with Crippen molar-refractivity contribution in [3.8, 4) is 0 Å². The van der Waals surface area contributed by atoms with E-state index in [0.29, 0.717) is 11.6 Å². The molecular weight excluding hydrogens is 433 g/mol. The second-order valence-corrected chi connectivity index (χ2v) is 9.57. The molecular formula is C24H33F3N4O2. The maximum absolute atomic E-state index is 13.3. The standard InChI is InChI=1S/C24H33F3N4O2/c1-17(30-12-8-18(9-13-30)15-29-10-4-2-3-5-11-29)23(33)31-16-22(32)28-20-14-19(24(25,26)27)6-7-21(20)31/h6-7,14,17-18H,2-5,8-13,15-16H2,1H3,(H,28,32). The summed E-state index contributed by atoms with van der Waals surface area (Å²) < 4.78 is 39.2. The average Bonchev–Trinajstić information content (AvgIpc) is 3.05. The van der Waals surface area contributed by atoms with E-state index in [0.717, 1.165) is 44.6 Å². The maximum Gasteiger partial charge on any atom is 0.416 e. The van der Waals surface area contributed by atoms with Crippen molar-refractivity contribution in [2.45, 2.75) is 57.7 Å². The summed E-state index contributed by atoms with van der Waals surface area (Å²) in [5.41, 5.74) is -0.510. The zero-order chi connectivity index (χ0) is 23.6. The summed E-state index contributed by atoms with van der Waals surface area (Å²) in [6, 6.07) is 2.68. The molecule has 2 saturated heterocycles. The molecule has 0 aliphatic carbocycles. The van der Waals surface area contributed by atoms with Crippen LogP contribution in [0.3, 0.4) is 0 Å². The van der Waals surface area contributed by atoms with Crippen LogP contribution in [0.5, 0.6) is 0 Å². The fourth-order valence-corrected chi connectivity index (χ4v) is 5.25. The van der Waals surface area contributed by atoms with E-state index in [1.807, 2.05) is 6.92 Å². The molecule has 1 aromatic carbocycles. The lowest BCUT2D eigenvalue weighted by atomic mass is 9.95. The quantitative estimate of drug-likeness (QED) is 0.730. The number of amides is 2. The summed E-state index contributed by atoms with van der Waals surface area (Å²) >= 11 is 0. The molecule has 0 bridgehead atoms. The van der Waals surface area contributed by atoms with Gasteiger partial charge in [0.15, 0.2) is 0 Å². The van der Waals surface area contributed by atoms with Gasteiger partial charge in [-0.15, -0.1) is 0 Å². The molecule has 0 radical (unpaired) electrons. The Balaban J connectivity index is 1.38. The normalized spacial score (nSPS) is 22.4. The first kappa shape index (κ1) is 24.0. The highest BCUT2D eigenvalue weighted by Crippen LogP contribution is 2.37. The Labute approximate surface area is 193 Å². The SMILES string of the molecule is CC(C(=O)N1CC(=O)Nc2cc(C(F)(F)F)ccc21)N1CCC(CN2CCCCCC2)CC1. The van der Waals surface area contributed by atoms with Crippen LogP contribution in [0.4, 0.5) is 24.5 Å². The average molecular weight is 467 g/mol. The van der Waals surface area contributed by atoms with E-state index < -0.39 is 23.7 Å². The number of carbonyl (C=O) groups is 2. The minimum Gasteiger partial charge on any atom is -0.323 e. The smallest absolute Gasteiger partial charge is 0.323 e. The summed E-state index contributed by atoms with van der Waals surface area (Å²) in [7, 11) is 0. The molecule has 0 aromatic heterocycles. The molecule has 3 aliphatic heterocycles. The van der Waals surface area contributed by atoms with Gasteiger partial charge in [0.25, 0.3) is 0 Å². The fraction of sp³-hybridized carbons (Fsp3) is 0.667. The molecule has 182 valence electrons. The van der Waals surface area contributed by atoms with E-state index in [-0.39, 0.29) is 18.1 Å². The monoisotopic (exact) mass is 466 g/mol.